The molecule has 1 heterocycles. The zero-order valence-electron chi connectivity index (χ0n) is 16.0. The minimum absolute atomic E-state index is 0.264. The van der Waals surface area contributed by atoms with Gasteiger partial charge in [0.1, 0.15) is 17.2 Å². The van der Waals surface area contributed by atoms with Crippen molar-refractivity contribution in [3.05, 3.63) is 66.0 Å². The highest BCUT2D eigenvalue weighted by Crippen LogP contribution is 2.26. The maximum Gasteiger partial charge on any atom is 0.274 e. The van der Waals surface area contributed by atoms with E-state index in [-0.39, 0.29) is 11.6 Å². The normalized spacial score (nSPS) is 10.2. The highest BCUT2D eigenvalue weighted by molar-refractivity contribution is 6.03. The van der Waals surface area contributed by atoms with Crippen LogP contribution in [0.2, 0.25) is 0 Å². The first-order valence-electron chi connectivity index (χ1n) is 8.89. The van der Waals surface area contributed by atoms with E-state index in [4.69, 9.17) is 9.47 Å². The Labute approximate surface area is 163 Å². The highest BCUT2D eigenvalue weighted by atomic mass is 16.5. The van der Waals surface area contributed by atoms with E-state index in [2.05, 4.69) is 20.6 Å². The van der Waals surface area contributed by atoms with E-state index in [1.54, 1.807) is 37.4 Å². The summed E-state index contributed by atoms with van der Waals surface area (Å²) < 4.78 is 10.7. The van der Waals surface area contributed by atoms with E-state index in [9.17, 15) is 4.79 Å². The molecule has 2 aromatic carbocycles. The predicted molar refractivity (Wildman–Crippen MR) is 109 cm³/mol. The van der Waals surface area contributed by atoms with Crippen molar-refractivity contribution < 1.29 is 14.3 Å². The fraction of sp³-hybridized carbons (Fsp3) is 0.190. The van der Waals surface area contributed by atoms with E-state index >= 15 is 0 Å². The summed E-state index contributed by atoms with van der Waals surface area (Å²) >= 11 is 0. The lowest BCUT2D eigenvalue weighted by Crippen LogP contribution is -2.15. The molecule has 7 heteroatoms. The van der Waals surface area contributed by atoms with Crippen molar-refractivity contribution >= 4 is 23.2 Å². The van der Waals surface area contributed by atoms with Crippen LogP contribution in [0.3, 0.4) is 0 Å². The van der Waals surface area contributed by atoms with Gasteiger partial charge in [0, 0.05) is 11.4 Å². The number of anilines is 3. The lowest BCUT2D eigenvalue weighted by atomic mass is 10.2. The summed E-state index contributed by atoms with van der Waals surface area (Å²) in [7, 11) is 1.59. The number of nitrogens with one attached hydrogen (secondary N) is 2. The summed E-state index contributed by atoms with van der Waals surface area (Å²) in [5, 5.41) is 5.95. The Balaban J connectivity index is 1.80. The molecule has 1 aromatic heterocycles. The zero-order valence-corrected chi connectivity index (χ0v) is 16.0. The lowest BCUT2D eigenvalue weighted by molar-refractivity contribution is 0.102. The third kappa shape index (κ3) is 4.76. The monoisotopic (exact) mass is 378 g/mol. The van der Waals surface area contributed by atoms with Gasteiger partial charge in [0.05, 0.1) is 19.4 Å². The van der Waals surface area contributed by atoms with E-state index < -0.39 is 0 Å². The first-order valence-corrected chi connectivity index (χ1v) is 8.89. The van der Waals surface area contributed by atoms with Crippen molar-refractivity contribution in [2.24, 2.45) is 0 Å². The minimum Gasteiger partial charge on any atom is -0.497 e. The van der Waals surface area contributed by atoms with Crippen LogP contribution >= 0.6 is 0 Å². The largest absolute Gasteiger partial charge is 0.497 e. The maximum atomic E-state index is 12.6. The average Bonchev–Trinajstić information content (AvgIpc) is 2.70. The quantitative estimate of drug-likeness (QED) is 0.641. The first-order chi connectivity index (χ1) is 13.6. The number of nitrogens with zero attached hydrogens (tertiary/aromatic N) is 2. The second kappa shape index (κ2) is 8.85. The van der Waals surface area contributed by atoms with Gasteiger partial charge in [-0.2, -0.15) is 0 Å². The SMILES string of the molecule is CCOc1ccccc1Nc1nc(C)cc(C(=O)Nc2ccc(OC)cc2)n1. The Hall–Kier alpha value is -3.61. The van der Waals surface area contributed by atoms with Gasteiger partial charge in [0.2, 0.25) is 5.95 Å². The number of rotatable bonds is 7. The summed E-state index contributed by atoms with van der Waals surface area (Å²) in [6, 6.07) is 16.2. The Kier molecular flexibility index (Phi) is 6.06. The van der Waals surface area contributed by atoms with Crippen LogP contribution in [0.1, 0.15) is 23.1 Å². The molecule has 0 unspecified atom stereocenters. The van der Waals surface area contributed by atoms with Gasteiger partial charge in [0.25, 0.3) is 5.91 Å². The number of methoxy groups -OCH3 is 1. The van der Waals surface area contributed by atoms with Gasteiger partial charge in [-0.15, -0.1) is 0 Å². The first kappa shape index (κ1) is 19.2. The summed E-state index contributed by atoms with van der Waals surface area (Å²) in [6.07, 6.45) is 0. The Morgan fingerprint density at radius 1 is 1.07 bits per heavy atom. The molecule has 0 aliphatic rings. The molecule has 7 nitrogen and oxygen atoms in total. The molecule has 0 aliphatic carbocycles. The standard InChI is InChI=1S/C21H22N4O3/c1-4-28-19-8-6-5-7-17(19)24-21-22-14(2)13-18(25-21)20(26)23-15-9-11-16(27-3)12-10-15/h5-13H,4H2,1-3H3,(H,23,26)(H,22,24,25). The predicted octanol–water partition coefficient (Wildman–Crippen LogP) is 4.19. The van der Waals surface area contributed by atoms with Crippen LogP contribution in [-0.4, -0.2) is 29.6 Å². The number of benzene rings is 2. The highest BCUT2D eigenvalue weighted by Gasteiger charge is 2.12. The smallest absolute Gasteiger partial charge is 0.274 e. The molecule has 0 bridgehead atoms. The third-order valence-electron chi connectivity index (χ3n) is 3.87. The number of carbonyl (C=O) groups is 1. The molecular weight excluding hydrogens is 356 g/mol. The van der Waals surface area contributed by atoms with Crippen molar-refractivity contribution in [2.45, 2.75) is 13.8 Å². The van der Waals surface area contributed by atoms with Gasteiger partial charge in [-0.25, -0.2) is 9.97 Å². The molecule has 28 heavy (non-hydrogen) atoms. The molecule has 3 aromatic rings. The second-order valence-corrected chi connectivity index (χ2v) is 5.95. The third-order valence-corrected chi connectivity index (χ3v) is 3.87. The molecule has 3 rings (SSSR count). The van der Waals surface area contributed by atoms with Crippen LogP contribution in [0.5, 0.6) is 11.5 Å². The van der Waals surface area contributed by atoms with Crippen LogP contribution in [0, 0.1) is 6.92 Å². The van der Waals surface area contributed by atoms with E-state index in [0.717, 1.165) is 11.4 Å². The summed E-state index contributed by atoms with van der Waals surface area (Å²) in [4.78, 5) is 21.3. The molecular formula is C21H22N4O3. The number of carbonyl (C=O) groups excluding carboxylic acids is 1. The van der Waals surface area contributed by atoms with Crippen LogP contribution in [-0.2, 0) is 0 Å². The van der Waals surface area contributed by atoms with Crippen LogP contribution in [0.25, 0.3) is 0 Å². The minimum atomic E-state index is -0.322. The average molecular weight is 378 g/mol. The molecule has 0 radical (unpaired) electrons. The van der Waals surface area contributed by atoms with E-state index in [1.165, 1.54) is 0 Å². The van der Waals surface area contributed by atoms with Crippen molar-refractivity contribution in [3.8, 4) is 11.5 Å². The Morgan fingerprint density at radius 2 is 1.82 bits per heavy atom. The molecule has 0 spiro atoms. The van der Waals surface area contributed by atoms with Gasteiger partial charge >= 0.3 is 0 Å². The van der Waals surface area contributed by atoms with Crippen molar-refractivity contribution in [1.82, 2.24) is 9.97 Å². The van der Waals surface area contributed by atoms with Crippen LogP contribution in [0.15, 0.2) is 54.6 Å². The summed E-state index contributed by atoms with van der Waals surface area (Å²) in [5.41, 5.74) is 2.32. The number of hydrogen-bond acceptors (Lipinski definition) is 6. The van der Waals surface area contributed by atoms with Gasteiger partial charge < -0.3 is 20.1 Å². The number of hydrogen-bond donors (Lipinski definition) is 2. The van der Waals surface area contributed by atoms with Gasteiger partial charge in [-0.05, 0) is 56.3 Å². The molecule has 2 N–H and O–H groups in total. The maximum absolute atomic E-state index is 12.6. The van der Waals surface area contributed by atoms with Gasteiger partial charge in [0.15, 0.2) is 0 Å². The molecule has 0 aliphatic heterocycles. The zero-order chi connectivity index (χ0) is 19.9. The van der Waals surface area contributed by atoms with Crippen LogP contribution < -0.4 is 20.1 Å². The number of aryl methyl sites for hydroxylation is 1. The summed E-state index contributed by atoms with van der Waals surface area (Å²) in [6.45, 7) is 4.27. The molecule has 1 amide bonds. The molecule has 0 saturated heterocycles. The molecule has 0 saturated carbocycles. The molecule has 0 atom stereocenters. The van der Waals surface area contributed by atoms with Crippen molar-refractivity contribution in [2.75, 3.05) is 24.4 Å². The lowest BCUT2D eigenvalue weighted by Gasteiger charge is -2.12. The number of para-hydroxylation sites is 2. The number of aromatic nitrogens is 2. The fourth-order valence-electron chi connectivity index (χ4n) is 2.58. The van der Waals surface area contributed by atoms with E-state index in [0.29, 0.717) is 29.7 Å². The Morgan fingerprint density at radius 3 is 2.54 bits per heavy atom. The summed E-state index contributed by atoms with van der Waals surface area (Å²) in [5.74, 6) is 1.42. The van der Waals surface area contributed by atoms with Crippen molar-refractivity contribution in [3.63, 3.8) is 0 Å². The Bertz CT molecular complexity index is 958. The second-order valence-electron chi connectivity index (χ2n) is 5.95. The topological polar surface area (TPSA) is 85.4 Å². The van der Waals surface area contributed by atoms with Crippen LogP contribution in [0.4, 0.5) is 17.3 Å². The number of amides is 1. The van der Waals surface area contributed by atoms with Crippen molar-refractivity contribution in [1.29, 1.82) is 0 Å². The van der Waals surface area contributed by atoms with Gasteiger partial charge in [-0.3, -0.25) is 4.79 Å². The molecule has 0 fully saturated rings. The van der Waals surface area contributed by atoms with Gasteiger partial charge in [-0.1, -0.05) is 12.1 Å². The fourth-order valence-corrected chi connectivity index (χ4v) is 2.58. The molecule has 144 valence electrons. The number of ether oxygens (including phenoxy) is 2. The van der Waals surface area contributed by atoms with E-state index in [1.807, 2.05) is 38.1 Å².